The van der Waals surface area contributed by atoms with E-state index < -0.39 is 0 Å². The van der Waals surface area contributed by atoms with Crippen molar-refractivity contribution >= 4 is 42.5 Å². The third-order valence-corrected chi connectivity index (χ3v) is 5.56. The first kappa shape index (κ1) is 26.1. The van der Waals surface area contributed by atoms with Crippen LogP contribution in [0.3, 0.4) is 0 Å². The Morgan fingerprint density at radius 3 is 2.53 bits per heavy atom. The van der Waals surface area contributed by atoms with Crippen LogP contribution in [0.15, 0.2) is 47.7 Å². The lowest BCUT2D eigenvalue weighted by Gasteiger charge is -2.06. The zero-order chi connectivity index (χ0) is 19.6. The minimum Gasteiger partial charge on any atom is -0.355 e. The van der Waals surface area contributed by atoms with E-state index in [1.807, 2.05) is 13.0 Å². The molecule has 1 aromatic carbocycles. The van der Waals surface area contributed by atoms with Gasteiger partial charge in [0.2, 0.25) is 5.95 Å². The van der Waals surface area contributed by atoms with E-state index in [9.17, 15) is 4.79 Å². The SMILES string of the molecule is Cc1[nH]cnc1CSCCNc1ncc(CCCCc2ccccc2)c(=O)[nH]1.Cl.Cl. The van der Waals surface area contributed by atoms with E-state index in [4.69, 9.17) is 0 Å². The Morgan fingerprint density at radius 1 is 1.07 bits per heavy atom. The summed E-state index contributed by atoms with van der Waals surface area (Å²) < 4.78 is 0. The molecule has 0 aliphatic heterocycles. The molecule has 6 nitrogen and oxygen atoms in total. The number of imidazole rings is 1. The summed E-state index contributed by atoms with van der Waals surface area (Å²) in [5, 5.41) is 3.18. The number of halogens is 2. The molecule has 30 heavy (non-hydrogen) atoms. The fourth-order valence-electron chi connectivity index (χ4n) is 2.92. The number of aromatic amines is 2. The predicted octanol–water partition coefficient (Wildman–Crippen LogP) is 4.56. The number of anilines is 1. The number of thioether (sulfide) groups is 1. The molecule has 0 amide bonds. The Kier molecular flexibility index (Phi) is 12.3. The highest BCUT2D eigenvalue weighted by Crippen LogP contribution is 2.12. The highest BCUT2D eigenvalue weighted by atomic mass is 35.5. The summed E-state index contributed by atoms with van der Waals surface area (Å²) in [6.07, 6.45) is 7.27. The summed E-state index contributed by atoms with van der Waals surface area (Å²) in [4.78, 5) is 26.8. The van der Waals surface area contributed by atoms with Crippen molar-refractivity contribution in [3.8, 4) is 0 Å². The molecular weight excluding hydrogens is 441 g/mol. The zero-order valence-electron chi connectivity index (χ0n) is 17.0. The summed E-state index contributed by atoms with van der Waals surface area (Å²) in [6, 6.07) is 10.4. The van der Waals surface area contributed by atoms with Crippen molar-refractivity contribution in [3.63, 3.8) is 0 Å². The Labute approximate surface area is 193 Å². The van der Waals surface area contributed by atoms with Gasteiger partial charge in [-0.3, -0.25) is 9.78 Å². The molecule has 2 heterocycles. The van der Waals surface area contributed by atoms with Gasteiger partial charge in [0, 0.05) is 35.5 Å². The molecule has 0 atom stereocenters. The maximum absolute atomic E-state index is 12.2. The molecule has 0 saturated carbocycles. The topological polar surface area (TPSA) is 86.5 Å². The zero-order valence-corrected chi connectivity index (χ0v) is 19.5. The summed E-state index contributed by atoms with van der Waals surface area (Å²) in [7, 11) is 0. The van der Waals surface area contributed by atoms with Crippen LogP contribution >= 0.6 is 36.6 Å². The average Bonchev–Trinajstić information content (AvgIpc) is 3.12. The Hall–Kier alpha value is -1.96. The lowest BCUT2D eigenvalue weighted by Crippen LogP contribution is -2.18. The number of aromatic nitrogens is 4. The van der Waals surface area contributed by atoms with Crippen LogP contribution in [0.4, 0.5) is 5.95 Å². The molecule has 3 N–H and O–H groups in total. The molecule has 0 aliphatic rings. The molecule has 2 aromatic heterocycles. The van der Waals surface area contributed by atoms with Gasteiger partial charge in [-0.05, 0) is 38.2 Å². The van der Waals surface area contributed by atoms with Crippen LogP contribution < -0.4 is 10.9 Å². The number of nitrogens with one attached hydrogen (secondary N) is 3. The molecular formula is C21H29Cl2N5OS. The summed E-state index contributed by atoms with van der Waals surface area (Å²) in [6.45, 7) is 2.77. The maximum atomic E-state index is 12.2. The van der Waals surface area contributed by atoms with Gasteiger partial charge < -0.3 is 10.3 Å². The number of unbranched alkanes of at least 4 members (excludes halogenated alkanes) is 1. The van der Waals surface area contributed by atoms with Crippen molar-refractivity contribution in [2.75, 3.05) is 17.6 Å². The number of hydrogen-bond donors (Lipinski definition) is 3. The molecule has 0 spiro atoms. The number of benzene rings is 1. The van der Waals surface area contributed by atoms with E-state index in [2.05, 4.69) is 49.5 Å². The molecule has 3 aromatic rings. The maximum Gasteiger partial charge on any atom is 0.255 e. The molecule has 0 saturated heterocycles. The lowest BCUT2D eigenvalue weighted by atomic mass is 10.1. The first-order valence-corrected chi connectivity index (χ1v) is 10.8. The van der Waals surface area contributed by atoms with Gasteiger partial charge in [0.15, 0.2) is 0 Å². The van der Waals surface area contributed by atoms with Gasteiger partial charge in [0.05, 0.1) is 12.0 Å². The summed E-state index contributed by atoms with van der Waals surface area (Å²) >= 11 is 1.80. The number of H-pyrrole nitrogens is 2. The van der Waals surface area contributed by atoms with Crippen LogP contribution in [0.1, 0.15) is 35.4 Å². The van der Waals surface area contributed by atoms with Gasteiger partial charge in [-0.25, -0.2) is 9.97 Å². The molecule has 0 unspecified atom stereocenters. The minimum absolute atomic E-state index is 0. The van der Waals surface area contributed by atoms with Crippen LogP contribution in [-0.4, -0.2) is 32.2 Å². The van der Waals surface area contributed by atoms with Gasteiger partial charge >= 0.3 is 0 Å². The normalized spacial score (nSPS) is 10.2. The Morgan fingerprint density at radius 2 is 1.83 bits per heavy atom. The van der Waals surface area contributed by atoms with Gasteiger partial charge in [-0.15, -0.1) is 24.8 Å². The van der Waals surface area contributed by atoms with Crippen molar-refractivity contribution in [2.45, 2.75) is 38.4 Å². The molecule has 164 valence electrons. The molecule has 0 radical (unpaired) electrons. The first-order valence-electron chi connectivity index (χ1n) is 9.65. The predicted molar refractivity (Wildman–Crippen MR) is 130 cm³/mol. The third kappa shape index (κ3) is 8.42. The third-order valence-electron chi connectivity index (χ3n) is 4.59. The molecule has 0 aliphatic carbocycles. The van der Waals surface area contributed by atoms with Crippen molar-refractivity contribution < 1.29 is 0 Å². The van der Waals surface area contributed by atoms with Gasteiger partial charge in [0.1, 0.15) is 0 Å². The van der Waals surface area contributed by atoms with Gasteiger partial charge in [-0.2, -0.15) is 11.8 Å². The summed E-state index contributed by atoms with van der Waals surface area (Å²) in [5.74, 6) is 2.33. The second-order valence-corrected chi connectivity index (χ2v) is 7.84. The second kappa shape index (κ2) is 14.1. The lowest BCUT2D eigenvalue weighted by molar-refractivity contribution is 0.726. The Bertz CT molecular complexity index is 917. The van der Waals surface area contributed by atoms with Crippen LogP contribution in [0.25, 0.3) is 0 Å². The number of hydrogen-bond acceptors (Lipinski definition) is 5. The number of aryl methyl sites for hydroxylation is 3. The highest BCUT2D eigenvalue weighted by Gasteiger charge is 2.04. The molecule has 9 heteroatoms. The van der Waals surface area contributed by atoms with Gasteiger partial charge in [0.25, 0.3) is 5.56 Å². The number of rotatable bonds is 11. The monoisotopic (exact) mass is 469 g/mol. The smallest absolute Gasteiger partial charge is 0.255 e. The van der Waals surface area contributed by atoms with E-state index >= 15 is 0 Å². The van der Waals surface area contributed by atoms with Crippen molar-refractivity contribution in [1.82, 2.24) is 19.9 Å². The van der Waals surface area contributed by atoms with Crippen molar-refractivity contribution in [1.29, 1.82) is 0 Å². The van der Waals surface area contributed by atoms with E-state index in [1.165, 1.54) is 5.56 Å². The highest BCUT2D eigenvalue weighted by molar-refractivity contribution is 7.98. The van der Waals surface area contributed by atoms with Crippen molar-refractivity contribution in [3.05, 3.63) is 75.7 Å². The second-order valence-electron chi connectivity index (χ2n) is 6.73. The van der Waals surface area contributed by atoms with E-state index in [0.717, 1.165) is 60.7 Å². The quantitative estimate of drug-likeness (QED) is 0.358. The fourth-order valence-corrected chi connectivity index (χ4v) is 3.80. The largest absolute Gasteiger partial charge is 0.355 e. The standard InChI is InChI=1S/C21H27N5OS.2ClH/c1-16-19(25-15-24-16)14-28-12-11-22-21-23-13-18(20(27)26-21)10-6-5-9-17-7-3-2-4-8-17;;/h2-4,7-8,13,15H,5-6,9-12,14H2,1H3,(H,24,25)(H2,22,23,26,27);2*1H. The van der Waals surface area contributed by atoms with E-state index in [-0.39, 0.29) is 30.4 Å². The van der Waals surface area contributed by atoms with Crippen molar-refractivity contribution in [2.24, 2.45) is 0 Å². The van der Waals surface area contributed by atoms with Crippen LogP contribution in [0.2, 0.25) is 0 Å². The van der Waals surface area contributed by atoms with E-state index in [1.54, 1.807) is 24.3 Å². The first-order chi connectivity index (χ1) is 13.7. The van der Waals surface area contributed by atoms with E-state index in [0.29, 0.717) is 5.95 Å². The van der Waals surface area contributed by atoms with Crippen LogP contribution in [0, 0.1) is 6.92 Å². The molecule has 3 rings (SSSR count). The molecule has 0 fully saturated rings. The minimum atomic E-state index is -0.0444. The molecule has 0 bridgehead atoms. The van der Waals surface area contributed by atoms with Crippen LogP contribution in [0.5, 0.6) is 0 Å². The van der Waals surface area contributed by atoms with Crippen LogP contribution in [-0.2, 0) is 18.6 Å². The summed E-state index contributed by atoms with van der Waals surface area (Å²) in [5.41, 5.74) is 4.26. The Balaban J connectivity index is 0.00000225. The number of nitrogens with zero attached hydrogens (tertiary/aromatic N) is 2. The van der Waals surface area contributed by atoms with Gasteiger partial charge in [-0.1, -0.05) is 30.3 Å². The fraction of sp³-hybridized carbons (Fsp3) is 0.381. The average molecular weight is 470 g/mol.